The van der Waals surface area contributed by atoms with Gasteiger partial charge in [0.15, 0.2) is 0 Å². The smallest absolute Gasteiger partial charge is 0.0786 e. The van der Waals surface area contributed by atoms with Gasteiger partial charge in [-0.2, -0.15) is 25.3 Å². The monoisotopic (exact) mass is 369 g/mol. The summed E-state index contributed by atoms with van der Waals surface area (Å²) < 4.78 is 1.32. The summed E-state index contributed by atoms with van der Waals surface area (Å²) in [6, 6.07) is 0. The van der Waals surface area contributed by atoms with E-state index in [1.807, 2.05) is 0 Å². The fourth-order valence-electron chi connectivity index (χ4n) is 4.50. The Morgan fingerprint density at radius 1 is 0.500 bits per heavy atom. The van der Waals surface area contributed by atoms with Crippen molar-refractivity contribution in [3.63, 3.8) is 0 Å². The number of hydrogen-bond donors (Lipinski definition) is 0. The standard InChI is InChI=1S/C12H28B.C12H28N/c2*1-5-9-10-11-12-13(6-2,7-3)8-4/h2*5-12H2,1-4H3/q-1;+1. The molecule has 1 nitrogen and oxygen atoms in total. The number of hydrogen-bond acceptors (Lipinski definition) is 0. The van der Waals surface area contributed by atoms with Crippen LogP contribution in [0.25, 0.3) is 0 Å². The number of unbranched alkanes of at least 4 members (excludes halogenated alkanes) is 6. The molecule has 0 spiro atoms. The molecular weight excluding hydrogens is 313 g/mol. The van der Waals surface area contributed by atoms with Crippen molar-refractivity contribution in [1.29, 1.82) is 0 Å². The van der Waals surface area contributed by atoms with Crippen molar-refractivity contribution >= 4 is 6.15 Å². The van der Waals surface area contributed by atoms with Crippen LogP contribution in [0.3, 0.4) is 0 Å². The Labute approximate surface area is 169 Å². The minimum absolute atomic E-state index is 0.0256. The lowest BCUT2D eigenvalue weighted by atomic mass is 9.19. The van der Waals surface area contributed by atoms with Crippen LogP contribution in [-0.2, 0) is 0 Å². The first-order chi connectivity index (χ1) is 12.5. The van der Waals surface area contributed by atoms with E-state index in [1.165, 1.54) is 107 Å². The zero-order chi connectivity index (χ0) is 20.3. The Bertz CT molecular complexity index is 225. The molecule has 0 fully saturated rings. The first-order valence-corrected chi connectivity index (χ1v) is 12.6. The second-order valence-electron chi connectivity index (χ2n) is 8.88. The van der Waals surface area contributed by atoms with Crippen molar-refractivity contribution in [3.05, 3.63) is 0 Å². The highest BCUT2D eigenvalue weighted by Gasteiger charge is 2.19. The molecule has 0 aromatic carbocycles. The summed E-state index contributed by atoms with van der Waals surface area (Å²) in [5.41, 5.74) is 0. The summed E-state index contributed by atoms with van der Waals surface area (Å²) in [5.74, 6) is 0. The van der Waals surface area contributed by atoms with Crippen LogP contribution in [0.5, 0.6) is 0 Å². The van der Waals surface area contributed by atoms with Gasteiger partial charge in [-0.3, -0.25) is 0 Å². The molecular formula is C24H56BN. The van der Waals surface area contributed by atoms with E-state index in [4.69, 9.17) is 0 Å². The second-order valence-corrected chi connectivity index (χ2v) is 8.88. The van der Waals surface area contributed by atoms with Crippen molar-refractivity contribution in [2.45, 2.75) is 132 Å². The van der Waals surface area contributed by atoms with Gasteiger partial charge in [-0.1, -0.05) is 73.1 Å². The lowest BCUT2D eigenvalue weighted by molar-refractivity contribution is -0.923. The molecule has 0 aliphatic carbocycles. The van der Waals surface area contributed by atoms with Crippen molar-refractivity contribution in [2.75, 3.05) is 26.2 Å². The molecule has 0 aromatic heterocycles. The molecule has 160 valence electrons. The molecule has 0 bridgehead atoms. The maximum Gasteiger partial charge on any atom is 0.0786 e. The van der Waals surface area contributed by atoms with Gasteiger partial charge >= 0.3 is 0 Å². The summed E-state index contributed by atoms with van der Waals surface area (Å²) in [6.07, 6.45) is 17.2. The normalized spacial score (nSPS) is 12.0. The SMILES string of the molecule is CCCCCC[B-](CC)(CC)CC.CCCCCC[N+](CC)(CC)CC. The van der Waals surface area contributed by atoms with E-state index in [1.54, 1.807) is 0 Å². The van der Waals surface area contributed by atoms with Crippen LogP contribution in [0.4, 0.5) is 0 Å². The van der Waals surface area contributed by atoms with Gasteiger partial charge in [0.05, 0.1) is 26.2 Å². The summed E-state index contributed by atoms with van der Waals surface area (Å²) in [7, 11) is 0. The Morgan fingerprint density at radius 2 is 0.923 bits per heavy atom. The number of nitrogens with zero attached hydrogens (tertiary/aromatic N) is 1. The van der Waals surface area contributed by atoms with Crippen LogP contribution in [0, 0.1) is 0 Å². The van der Waals surface area contributed by atoms with E-state index in [-0.39, 0.29) is 6.15 Å². The summed E-state index contributed by atoms with van der Waals surface area (Å²) in [5, 5.41) is 0. The Kier molecular flexibility index (Phi) is 20.0. The van der Waals surface area contributed by atoms with Gasteiger partial charge in [-0.15, -0.1) is 0 Å². The Morgan fingerprint density at radius 3 is 1.27 bits per heavy atom. The van der Waals surface area contributed by atoms with E-state index in [2.05, 4.69) is 55.4 Å². The maximum absolute atomic E-state index is 2.38. The summed E-state index contributed by atoms with van der Waals surface area (Å²) >= 11 is 0. The molecule has 0 heterocycles. The minimum Gasteiger partial charge on any atom is -0.324 e. The second kappa shape index (κ2) is 18.4. The quantitative estimate of drug-likeness (QED) is 0.145. The number of quaternary nitrogens is 1. The van der Waals surface area contributed by atoms with Crippen molar-refractivity contribution in [1.82, 2.24) is 0 Å². The number of rotatable bonds is 16. The van der Waals surface area contributed by atoms with E-state index in [9.17, 15) is 0 Å². The van der Waals surface area contributed by atoms with Crippen LogP contribution in [0.2, 0.25) is 25.3 Å². The highest BCUT2D eigenvalue weighted by atomic mass is 15.3. The lowest BCUT2D eigenvalue weighted by Crippen LogP contribution is -2.48. The molecule has 0 saturated heterocycles. The van der Waals surface area contributed by atoms with Crippen molar-refractivity contribution < 1.29 is 4.48 Å². The molecule has 0 radical (unpaired) electrons. The summed E-state index contributed by atoms with van der Waals surface area (Å²) in [4.78, 5) is 0. The third kappa shape index (κ3) is 12.4. The third-order valence-electron chi connectivity index (χ3n) is 7.77. The van der Waals surface area contributed by atoms with Gasteiger partial charge in [-0.05, 0) is 39.8 Å². The van der Waals surface area contributed by atoms with Gasteiger partial charge in [0.2, 0.25) is 0 Å². The molecule has 26 heavy (non-hydrogen) atoms. The van der Waals surface area contributed by atoms with Gasteiger partial charge in [-0.25, -0.2) is 0 Å². The predicted molar refractivity (Wildman–Crippen MR) is 127 cm³/mol. The van der Waals surface area contributed by atoms with Crippen LogP contribution in [0.1, 0.15) is 107 Å². The molecule has 0 unspecified atom stereocenters. The van der Waals surface area contributed by atoms with Crippen LogP contribution in [0.15, 0.2) is 0 Å². The fourth-order valence-corrected chi connectivity index (χ4v) is 4.50. The molecule has 0 N–H and O–H groups in total. The zero-order valence-corrected chi connectivity index (χ0v) is 20.3. The molecule has 0 amide bonds. The van der Waals surface area contributed by atoms with E-state index < -0.39 is 0 Å². The molecule has 0 saturated carbocycles. The van der Waals surface area contributed by atoms with Crippen molar-refractivity contribution in [2.24, 2.45) is 0 Å². The minimum atomic E-state index is 0.0256. The molecule has 0 aliphatic heterocycles. The van der Waals surface area contributed by atoms with Gasteiger partial charge in [0.1, 0.15) is 0 Å². The molecule has 0 atom stereocenters. The zero-order valence-electron chi connectivity index (χ0n) is 20.3. The third-order valence-corrected chi connectivity index (χ3v) is 7.77. The van der Waals surface area contributed by atoms with Crippen LogP contribution < -0.4 is 0 Å². The molecule has 2 heteroatoms. The summed E-state index contributed by atoms with van der Waals surface area (Å²) in [6.45, 7) is 24.0. The average molecular weight is 370 g/mol. The fraction of sp³-hybridized carbons (Fsp3) is 1.00. The lowest BCUT2D eigenvalue weighted by Gasteiger charge is -2.36. The van der Waals surface area contributed by atoms with Gasteiger partial charge < -0.3 is 4.48 Å². The highest BCUT2D eigenvalue weighted by molar-refractivity contribution is 6.79. The van der Waals surface area contributed by atoms with Crippen LogP contribution >= 0.6 is 0 Å². The van der Waals surface area contributed by atoms with E-state index in [0.717, 1.165) is 0 Å². The van der Waals surface area contributed by atoms with Crippen LogP contribution in [-0.4, -0.2) is 36.8 Å². The highest BCUT2D eigenvalue weighted by Crippen LogP contribution is 2.27. The van der Waals surface area contributed by atoms with E-state index >= 15 is 0 Å². The Hall–Kier alpha value is 0.0249. The Balaban J connectivity index is 0. The first-order valence-electron chi connectivity index (χ1n) is 12.6. The van der Waals surface area contributed by atoms with Gasteiger partial charge in [0, 0.05) is 0 Å². The van der Waals surface area contributed by atoms with Crippen molar-refractivity contribution in [3.8, 4) is 0 Å². The predicted octanol–water partition coefficient (Wildman–Crippen LogP) is 8.52. The molecule has 0 aliphatic rings. The topological polar surface area (TPSA) is 0 Å². The average Bonchev–Trinajstić information content (AvgIpc) is 2.70. The van der Waals surface area contributed by atoms with Gasteiger partial charge in [0.25, 0.3) is 0 Å². The molecule has 0 aromatic rings. The molecule has 0 rings (SSSR count). The largest absolute Gasteiger partial charge is 0.324 e. The first kappa shape index (κ1) is 28.2. The van der Waals surface area contributed by atoms with E-state index in [0.29, 0.717) is 0 Å². The maximum atomic E-state index is 2.38.